The quantitative estimate of drug-likeness (QED) is 0.268. The zero-order valence-electron chi connectivity index (χ0n) is 17.1. The van der Waals surface area contributed by atoms with Crippen LogP contribution in [0, 0.1) is 0 Å². The molecular formula is C21H34IN3O3. The van der Waals surface area contributed by atoms with Crippen molar-refractivity contribution in [1.29, 1.82) is 0 Å². The highest BCUT2D eigenvalue weighted by Gasteiger charge is 2.32. The lowest BCUT2D eigenvalue weighted by Crippen LogP contribution is -2.53. The van der Waals surface area contributed by atoms with Crippen LogP contribution < -0.4 is 10.1 Å². The molecule has 2 saturated heterocycles. The van der Waals surface area contributed by atoms with E-state index in [1.54, 1.807) is 0 Å². The van der Waals surface area contributed by atoms with Gasteiger partial charge in [-0.05, 0) is 37.0 Å². The summed E-state index contributed by atoms with van der Waals surface area (Å²) in [6.07, 6.45) is 4.81. The van der Waals surface area contributed by atoms with Gasteiger partial charge in [-0.1, -0.05) is 25.5 Å². The largest absolute Gasteiger partial charge is 0.494 e. The molecule has 2 fully saturated rings. The molecule has 2 atom stereocenters. The second kappa shape index (κ2) is 12.5. The van der Waals surface area contributed by atoms with Crippen LogP contribution in [-0.4, -0.2) is 63.0 Å². The maximum Gasteiger partial charge on any atom is 0.194 e. The first-order valence-corrected chi connectivity index (χ1v) is 10.2. The summed E-state index contributed by atoms with van der Waals surface area (Å²) in [6.45, 7) is 6.91. The molecule has 1 N–H and O–H groups in total. The van der Waals surface area contributed by atoms with E-state index < -0.39 is 0 Å². The first-order chi connectivity index (χ1) is 13.3. The van der Waals surface area contributed by atoms with Crippen LogP contribution in [0.1, 0.15) is 38.2 Å². The van der Waals surface area contributed by atoms with Crippen molar-refractivity contribution in [1.82, 2.24) is 10.2 Å². The lowest BCUT2D eigenvalue weighted by Gasteiger charge is -2.37. The average molecular weight is 503 g/mol. The van der Waals surface area contributed by atoms with Crippen molar-refractivity contribution in [2.45, 2.75) is 51.4 Å². The molecule has 0 bridgehead atoms. The molecule has 28 heavy (non-hydrogen) atoms. The zero-order valence-corrected chi connectivity index (χ0v) is 19.4. The first kappa shape index (κ1) is 23.2. The molecule has 0 aliphatic carbocycles. The monoisotopic (exact) mass is 503 g/mol. The lowest BCUT2D eigenvalue weighted by molar-refractivity contribution is -0.0817. The number of unbranched alkanes of at least 4 members (excludes halogenated alkanes) is 1. The molecule has 2 unspecified atom stereocenters. The number of benzene rings is 1. The van der Waals surface area contributed by atoms with E-state index in [1.807, 2.05) is 19.2 Å². The van der Waals surface area contributed by atoms with Gasteiger partial charge in [-0.15, -0.1) is 24.0 Å². The fourth-order valence-corrected chi connectivity index (χ4v) is 3.58. The Morgan fingerprint density at radius 2 is 2.14 bits per heavy atom. The summed E-state index contributed by atoms with van der Waals surface area (Å²) in [6, 6.07) is 8.28. The molecule has 2 aliphatic rings. The Hall–Kier alpha value is -1.06. The van der Waals surface area contributed by atoms with Crippen molar-refractivity contribution in [3.05, 3.63) is 29.8 Å². The highest BCUT2D eigenvalue weighted by Crippen LogP contribution is 2.21. The molecule has 3 rings (SSSR count). The van der Waals surface area contributed by atoms with Crippen LogP contribution in [0.3, 0.4) is 0 Å². The zero-order chi connectivity index (χ0) is 18.9. The van der Waals surface area contributed by atoms with E-state index in [-0.39, 0.29) is 36.2 Å². The van der Waals surface area contributed by atoms with Crippen LogP contribution in [0.4, 0.5) is 0 Å². The summed E-state index contributed by atoms with van der Waals surface area (Å²) in [7, 11) is 1.84. The van der Waals surface area contributed by atoms with Crippen LogP contribution in [0.2, 0.25) is 0 Å². The number of morpholine rings is 1. The number of guanidine groups is 1. The molecule has 1 aromatic carbocycles. The van der Waals surface area contributed by atoms with Gasteiger partial charge in [0.15, 0.2) is 5.96 Å². The second-order valence-corrected chi connectivity index (χ2v) is 7.16. The Balaban J connectivity index is 0.00000280. The maximum absolute atomic E-state index is 5.95. The third kappa shape index (κ3) is 6.77. The topological polar surface area (TPSA) is 55.3 Å². The molecule has 0 saturated carbocycles. The van der Waals surface area contributed by atoms with Crippen molar-refractivity contribution in [3.8, 4) is 5.75 Å². The summed E-state index contributed by atoms with van der Waals surface area (Å²) in [5.41, 5.74) is 1.19. The number of ether oxygens (including phenoxy) is 3. The molecule has 0 aromatic heterocycles. The number of hydrogen-bond acceptors (Lipinski definition) is 4. The van der Waals surface area contributed by atoms with Gasteiger partial charge in [0.05, 0.1) is 19.3 Å². The van der Waals surface area contributed by atoms with E-state index in [2.05, 4.69) is 34.3 Å². The Bertz CT molecular complexity index is 608. The minimum absolute atomic E-state index is 0. The fraction of sp³-hybridized carbons (Fsp3) is 0.667. The third-order valence-corrected chi connectivity index (χ3v) is 5.10. The van der Waals surface area contributed by atoms with E-state index >= 15 is 0 Å². The standard InChI is InChI=1S/C21H33N3O3.HI/c1-3-4-11-25-18-8-5-7-17(14-18)15-23-21(22-2)24-10-13-27-20(16-24)19-9-6-12-26-19;/h5,7-8,14,19-20H,3-4,6,9-13,15-16H2,1-2H3,(H,22,23);1H. The normalized spacial score (nSPS) is 22.6. The minimum Gasteiger partial charge on any atom is -0.494 e. The van der Waals surface area contributed by atoms with Gasteiger partial charge >= 0.3 is 0 Å². The second-order valence-electron chi connectivity index (χ2n) is 7.16. The smallest absolute Gasteiger partial charge is 0.194 e. The van der Waals surface area contributed by atoms with Crippen LogP contribution in [-0.2, 0) is 16.0 Å². The Morgan fingerprint density at radius 3 is 2.89 bits per heavy atom. The summed E-state index contributed by atoms with van der Waals surface area (Å²) >= 11 is 0. The fourth-order valence-electron chi connectivity index (χ4n) is 3.58. The summed E-state index contributed by atoms with van der Waals surface area (Å²) < 4.78 is 17.6. The molecule has 1 aromatic rings. The van der Waals surface area contributed by atoms with Crippen molar-refractivity contribution < 1.29 is 14.2 Å². The Kier molecular flexibility index (Phi) is 10.4. The summed E-state index contributed by atoms with van der Waals surface area (Å²) in [5.74, 6) is 1.85. The van der Waals surface area contributed by atoms with Crippen molar-refractivity contribution in [3.63, 3.8) is 0 Å². The SMILES string of the molecule is CCCCOc1cccc(CNC(=NC)N2CCOC(C3CCCO3)C2)c1.I. The van der Waals surface area contributed by atoms with Crippen LogP contribution >= 0.6 is 24.0 Å². The first-order valence-electron chi connectivity index (χ1n) is 10.2. The molecule has 0 spiro atoms. The van der Waals surface area contributed by atoms with Crippen LogP contribution in [0.25, 0.3) is 0 Å². The predicted molar refractivity (Wildman–Crippen MR) is 123 cm³/mol. The highest BCUT2D eigenvalue weighted by molar-refractivity contribution is 14.0. The van der Waals surface area contributed by atoms with Gasteiger partial charge in [-0.25, -0.2) is 0 Å². The van der Waals surface area contributed by atoms with Crippen LogP contribution in [0.15, 0.2) is 29.3 Å². The van der Waals surface area contributed by atoms with Gasteiger partial charge in [0.1, 0.15) is 11.9 Å². The lowest BCUT2D eigenvalue weighted by atomic mass is 10.1. The molecule has 0 radical (unpaired) electrons. The molecule has 0 amide bonds. The summed E-state index contributed by atoms with van der Waals surface area (Å²) in [4.78, 5) is 6.75. The Morgan fingerprint density at radius 1 is 1.29 bits per heavy atom. The Labute approximate surface area is 186 Å². The molecule has 6 nitrogen and oxygen atoms in total. The van der Waals surface area contributed by atoms with Gasteiger partial charge in [-0.3, -0.25) is 4.99 Å². The van der Waals surface area contributed by atoms with E-state index in [9.17, 15) is 0 Å². The number of rotatable bonds is 7. The molecular weight excluding hydrogens is 469 g/mol. The van der Waals surface area contributed by atoms with E-state index in [4.69, 9.17) is 14.2 Å². The number of hydrogen-bond donors (Lipinski definition) is 1. The molecule has 7 heteroatoms. The number of halogens is 1. The summed E-state index contributed by atoms with van der Waals surface area (Å²) in [5, 5.41) is 3.49. The molecule has 2 aliphatic heterocycles. The molecule has 2 heterocycles. The maximum atomic E-state index is 5.95. The minimum atomic E-state index is 0. The number of nitrogens with zero attached hydrogens (tertiary/aromatic N) is 2. The number of nitrogens with one attached hydrogen (secondary N) is 1. The molecule has 158 valence electrons. The van der Waals surface area contributed by atoms with Crippen molar-refractivity contribution in [2.24, 2.45) is 4.99 Å². The van der Waals surface area contributed by atoms with Crippen molar-refractivity contribution in [2.75, 3.05) is 40.0 Å². The van der Waals surface area contributed by atoms with Crippen molar-refractivity contribution >= 4 is 29.9 Å². The van der Waals surface area contributed by atoms with Gasteiger partial charge in [0.2, 0.25) is 0 Å². The predicted octanol–water partition coefficient (Wildman–Crippen LogP) is 3.44. The number of aliphatic imine (C=N–C) groups is 1. The van der Waals surface area contributed by atoms with Crippen LogP contribution in [0.5, 0.6) is 5.75 Å². The van der Waals surface area contributed by atoms with Gasteiger partial charge in [-0.2, -0.15) is 0 Å². The van der Waals surface area contributed by atoms with Gasteiger partial charge in [0.25, 0.3) is 0 Å². The van der Waals surface area contributed by atoms with Gasteiger partial charge < -0.3 is 24.4 Å². The third-order valence-electron chi connectivity index (χ3n) is 5.10. The average Bonchev–Trinajstić information content (AvgIpc) is 3.24. The van der Waals surface area contributed by atoms with Gasteiger partial charge in [0, 0.05) is 33.3 Å². The highest BCUT2D eigenvalue weighted by atomic mass is 127. The van der Waals surface area contributed by atoms with E-state index in [0.29, 0.717) is 6.61 Å². The van der Waals surface area contributed by atoms with E-state index in [1.165, 1.54) is 5.56 Å². The van der Waals surface area contributed by atoms with E-state index in [0.717, 1.165) is 70.2 Å².